The third kappa shape index (κ3) is 4.47. The zero-order valence-electron chi connectivity index (χ0n) is 11.6. The minimum absolute atomic E-state index is 0.0280. The van der Waals surface area contributed by atoms with Gasteiger partial charge in [0.2, 0.25) is 0 Å². The second kappa shape index (κ2) is 7.47. The van der Waals surface area contributed by atoms with Crippen LogP contribution < -0.4 is 0 Å². The molecule has 5 nitrogen and oxygen atoms in total. The topological polar surface area (TPSA) is 68.0 Å². The van der Waals surface area contributed by atoms with Gasteiger partial charge in [-0.25, -0.2) is 0 Å². The lowest BCUT2D eigenvalue weighted by atomic mass is 10.2. The summed E-state index contributed by atoms with van der Waals surface area (Å²) in [6.45, 7) is 2.66. The van der Waals surface area contributed by atoms with Crippen LogP contribution >= 0.6 is 23.4 Å². The Morgan fingerprint density at radius 3 is 2.90 bits per heavy atom. The first-order valence-corrected chi connectivity index (χ1v) is 7.97. The molecule has 2 rings (SSSR count). The summed E-state index contributed by atoms with van der Waals surface area (Å²) in [6, 6.07) is 7.59. The Balaban J connectivity index is 2.25. The van der Waals surface area contributed by atoms with Crippen LogP contribution in [0.15, 0.2) is 29.4 Å². The van der Waals surface area contributed by atoms with Crippen molar-refractivity contribution in [1.82, 2.24) is 14.8 Å². The summed E-state index contributed by atoms with van der Waals surface area (Å²) in [7, 11) is 0. The summed E-state index contributed by atoms with van der Waals surface area (Å²) < 4.78 is 1.96. The molecule has 112 valence electrons. The molecule has 0 fully saturated rings. The number of aryl methyl sites for hydroxylation is 1. The first kappa shape index (κ1) is 15.9. The van der Waals surface area contributed by atoms with E-state index in [0.717, 1.165) is 24.2 Å². The first-order chi connectivity index (χ1) is 10.1. The van der Waals surface area contributed by atoms with E-state index in [1.54, 1.807) is 0 Å². The first-order valence-electron chi connectivity index (χ1n) is 6.61. The third-order valence-corrected chi connectivity index (χ3v) is 4.01. The summed E-state index contributed by atoms with van der Waals surface area (Å²) in [6.07, 6.45) is 1.76. The average molecular weight is 326 g/mol. The van der Waals surface area contributed by atoms with E-state index in [0.29, 0.717) is 16.7 Å². The van der Waals surface area contributed by atoms with Gasteiger partial charge in [0.1, 0.15) is 5.82 Å². The van der Waals surface area contributed by atoms with Crippen LogP contribution in [-0.4, -0.2) is 31.6 Å². The summed E-state index contributed by atoms with van der Waals surface area (Å²) in [4.78, 5) is 10.7. The van der Waals surface area contributed by atoms with Crippen LogP contribution in [0.5, 0.6) is 0 Å². The molecule has 0 aliphatic heterocycles. The third-order valence-electron chi connectivity index (χ3n) is 2.82. The molecule has 0 aliphatic carbocycles. The van der Waals surface area contributed by atoms with Crippen molar-refractivity contribution >= 4 is 29.3 Å². The van der Waals surface area contributed by atoms with Gasteiger partial charge < -0.3 is 9.67 Å². The van der Waals surface area contributed by atoms with Crippen LogP contribution in [0.3, 0.4) is 0 Å². The van der Waals surface area contributed by atoms with E-state index >= 15 is 0 Å². The Bertz CT molecular complexity index is 630. The summed E-state index contributed by atoms with van der Waals surface area (Å²) in [5, 5.41) is 18.4. The SMILES string of the molecule is CCCc1nnc(SCC(=O)O)n1Cc1cccc(Cl)c1. The number of halogens is 1. The van der Waals surface area contributed by atoms with E-state index in [1.165, 1.54) is 11.8 Å². The van der Waals surface area contributed by atoms with Gasteiger partial charge in [-0.2, -0.15) is 0 Å². The molecule has 1 aromatic heterocycles. The highest BCUT2D eigenvalue weighted by Gasteiger charge is 2.14. The lowest BCUT2D eigenvalue weighted by Crippen LogP contribution is -2.08. The normalized spacial score (nSPS) is 10.8. The Morgan fingerprint density at radius 2 is 2.24 bits per heavy atom. The molecule has 1 aromatic carbocycles. The van der Waals surface area contributed by atoms with E-state index in [2.05, 4.69) is 17.1 Å². The predicted molar refractivity (Wildman–Crippen MR) is 82.9 cm³/mol. The number of aromatic nitrogens is 3. The second-order valence-corrected chi connectivity index (χ2v) is 5.93. The van der Waals surface area contributed by atoms with Crippen LogP contribution in [0.4, 0.5) is 0 Å². The summed E-state index contributed by atoms with van der Waals surface area (Å²) in [5.41, 5.74) is 1.04. The Hall–Kier alpha value is -1.53. The Kier molecular flexibility index (Phi) is 5.64. The maximum Gasteiger partial charge on any atom is 0.313 e. The van der Waals surface area contributed by atoms with Gasteiger partial charge >= 0.3 is 5.97 Å². The maximum atomic E-state index is 10.7. The van der Waals surface area contributed by atoms with Crippen LogP contribution in [0, 0.1) is 0 Å². The van der Waals surface area contributed by atoms with Crippen molar-refractivity contribution in [3.63, 3.8) is 0 Å². The highest BCUT2D eigenvalue weighted by molar-refractivity contribution is 7.99. The fraction of sp³-hybridized carbons (Fsp3) is 0.357. The Morgan fingerprint density at radius 1 is 1.43 bits per heavy atom. The summed E-state index contributed by atoms with van der Waals surface area (Å²) in [5.74, 6) is -0.0282. The van der Waals surface area contributed by atoms with Crippen LogP contribution in [-0.2, 0) is 17.8 Å². The lowest BCUT2D eigenvalue weighted by Gasteiger charge is -2.09. The molecule has 0 saturated carbocycles. The standard InChI is InChI=1S/C14H16ClN3O2S/c1-2-4-12-16-17-14(21-9-13(19)20)18(12)8-10-5-3-6-11(15)7-10/h3,5-7H,2,4,8-9H2,1H3,(H,19,20). The van der Waals surface area contributed by atoms with Crippen LogP contribution in [0.2, 0.25) is 5.02 Å². The number of carboxylic acid groups (broad SMARTS) is 1. The number of thioether (sulfide) groups is 1. The van der Waals surface area contributed by atoms with E-state index in [4.69, 9.17) is 16.7 Å². The molecule has 7 heteroatoms. The molecule has 0 radical (unpaired) electrons. The van der Waals surface area contributed by atoms with Crippen LogP contribution in [0.1, 0.15) is 24.7 Å². The van der Waals surface area contributed by atoms with E-state index in [1.807, 2.05) is 28.8 Å². The van der Waals surface area contributed by atoms with Gasteiger partial charge in [0.15, 0.2) is 5.16 Å². The molecule has 21 heavy (non-hydrogen) atoms. The zero-order valence-corrected chi connectivity index (χ0v) is 13.2. The molecule has 0 saturated heterocycles. The van der Waals surface area contributed by atoms with E-state index in [-0.39, 0.29) is 5.75 Å². The number of aliphatic carboxylic acids is 1. The molecule has 0 atom stereocenters. The van der Waals surface area contributed by atoms with Crippen molar-refractivity contribution in [3.8, 4) is 0 Å². The number of carbonyl (C=O) groups is 1. The molecule has 0 aliphatic rings. The van der Waals surface area contributed by atoms with Crippen molar-refractivity contribution in [3.05, 3.63) is 40.7 Å². The molecular weight excluding hydrogens is 310 g/mol. The van der Waals surface area contributed by atoms with Crippen molar-refractivity contribution in [2.75, 3.05) is 5.75 Å². The molecule has 0 spiro atoms. The lowest BCUT2D eigenvalue weighted by molar-refractivity contribution is -0.133. The van der Waals surface area contributed by atoms with Gasteiger partial charge in [-0.1, -0.05) is 42.4 Å². The Labute approximate surface area is 132 Å². The minimum atomic E-state index is -0.866. The number of hydrogen-bond acceptors (Lipinski definition) is 4. The van der Waals surface area contributed by atoms with Gasteiger partial charge in [0.05, 0.1) is 12.3 Å². The van der Waals surface area contributed by atoms with Gasteiger partial charge in [-0.05, 0) is 24.1 Å². The number of carboxylic acids is 1. The average Bonchev–Trinajstić information content (AvgIpc) is 2.80. The van der Waals surface area contributed by atoms with Crippen molar-refractivity contribution in [2.24, 2.45) is 0 Å². The van der Waals surface area contributed by atoms with Gasteiger partial charge in [-0.3, -0.25) is 4.79 Å². The van der Waals surface area contributed by atoms with Gasteiger partial charge in [0, 0.05) is 11.4 Å². The molecular formula is C14H16ClN3O2S. The quantitative estimate of drug-likeness (QED) is 0.792. The minimum Gasteiger partial charge on any atom is -0.481 e. The predicted octanol–water partition coefficient (Wildman–Crippen LogP) is 3.11. The van der Waals surface area contributed by atoms with E-state index in [9.17, 15) is 4.79 Å². The molecule has 1 N–H and O–H groups in total. The highest BCUT2D eigenvalue weighted by atomic mass is 35.5. The molecule has 0 unspecified atom stereocenters. The second-order valence-electron chi connectivity index (χ2n) is 4.55. The van der Waals surface area contributed by atoms with E-state index < -0.39 is 5.97 Å². The van der Waals surface area contributed by atoms with Gasteiger partial charge in [0.25, 0.3) is 0 Å². The molecule has 2 aromatic rings. The number of hydrogen-bond donors (Lipinski definition) is 1. The highest BCUT2D eigenvalue weighted by Crippen LogP contribution is 2.20. The fourth-order valence-electron chi connectivity index (χ4n) is 1.94. The van der Waals surface area contributed by atoms with Crippen molar-refractivity contribution in [1.29, 1.82) is 0 Å². The van der Waals surface area contributed by atoms with Crippen LogP contribution in [0.25, 0.3) is 0 Å². The smallest absolute Gasteiger partial charge is 0.313 e. The fourth-order valence-corrected chi connectivity index (χ4v) is 2.83. The maximum absolute atomic E-state index is 10.7. The largest absolute Gasteiger partial charge is 0.481 e. The molecule has 1 heterocycles. The number of benzene rings is 1. The molecule has 0 bridgehead atoms. The number of rotatable bonds is 7. The van der Waals surface area contributed by atoms with Gasteiger partial charge in [-0.15, -0.1) is 10.2 Å². The monoisotopic (exact) mass is 325 g/mol. The zero-order chi connectivity index (χ0) is 15.2. The van der Waals surface area contributed by atoms with Crippen molar-refractivity contribution < 1.29 is 9.90 Å². The number of nitrogens with zero attached hydrogens (tertiary/aromatic N) is 3. The summed E-state index contributed by atoms with van der Waals surface area (Å²) >= 11 is 7.19. The molecule has 0 amide bonds. The van der Waals surface area contributed by atoms with Crippen molar-refractivity contribution in [2.45, 2.75) is 31.5 Å².